The van der Waals surface area contributed by atoms with E-state index in [2.05, 4.69) is 4.98 Å². The Morgan fingerprint density at radius 1 is 1.09 bits per heavy atom. The highest BCUT2D eigenvalue weighted by Gasteiger charge is 2.15. The quantitative estimate of drug-likeness (QED) is 0.243. The van der Waals surface area contributed by atoms with E-state index < -0.39 is 0 Å². The maximum atomic E-state index is 6.37. The van der Waals surface area contributed by atoms with Gasteiger partial charge in [0.25, 0.3) is 0 Å². The standard InChI is InChI=1S/C25H21ClN4O2S/c1-3-31-23-10-9-18(13-19(23)26)20-14-22-25(27-11-12-30(22)29-20)33-15-21-16(2)32-24(28-21)17-7-5-4-6-8-17/h4-14H,3,15H2,1-2H3. The summed E-state index contributed by atoms with van der Waals surface area (Å²) >= 11 is 7.98. The van der Waals surface area contributed by atoms with Crippen LogP contribution in [0.15, 0.2) is 76.4 Å². The number of aromatic nitrogens is 4. The molecule has 0 spiro atoms. The minimum atomic E-state index is 0.565. The fourth-order valence-electron chi connectivity index (χ4n) is 3.49. The largest absolute Gasteiger partial charge is 0.492 e. The van der Waals surface area contributed by atoms with Crippen molar-refractivity contribution in [2.75, 3.05) is 6.61 Å². The molecular formula is C25H21ClN4O2S. The summed E-state index contributed by atoms with van der Waals surface area (Å²) in [7, 11) is 0. The topological polar surface area (TPSA) is 65.5 Å². The van der Waals surface area contributed by atoms with Gasteiger partial charge in [-0.15, -0.1) is 0 Å². The Morgan fingerprint density at radius 2 is 1.94 bits per heavy atom. The van der Waals surface area contributed by atoms with Gasteiger partial charge in [0.15, 0.2) is 0 Å². The van der Waals surface area contributed by atoms with Crippen molar-refractivity contribution < 1.29 is 9.15 Å². The number of hydrogen-bond donors (Lipinski definition) is 0. The van der Waals surface area contributed by atoms with Gasteiger partial charge in [0.1, 0.15) is 16.5 Å². The summed E-state index contributed by atoms with van der Waals surface area (Å²) in [5, 5.41) is 6.14. The van der Waals surface area contributed by atoms with E-state index in [1.54, 1.807) is 18.0 Å². The van der Waals surface area contributed by atoms with E-state index in [-0.39, 0.29) is 0 Å². The van der Waals surface area contributed by atoms with Crippen molar-refractivity contribution in [2.24, 2.45) is 0 Å². The first-order valence-corrected chi connectivity index (χ1v) is 11.9. The summed E-state index contributed by atoms with van der Waals surface area (Å²) in [6.45, 7) is 4.44. The number of aryl methyl sites for hydroxylation is 1. The molecule has 0 aliphatic rings. The first-order chi connectivity index (χ1) is 16.1. The van der Waals surface area contributed by atoms with Crippen LogP contribution in [0.5, 0.6) is 5.75 Å². The van der Waals surface area contributed by atoms with E-state index >= 15 is 0 Å². The van der Waals surface area contributed by atoms with Gasteiger partial charge >= 0.3 is 0 Å². The maximum Gasteiger partial charge on any atom is 0.226 e. The molecule has 5 aromatic rings. The Balaban J connectivity index is 1.39. The van der Waals surface area contributed by atoms with Crippen LogP contribution in [-0.4, -0.2) is 26.2 Å². The molecule has 0 saturated heterocycles. The molecule has 0 amide bonds. The first kappa shape index (κ1) is 21.6. The molecule has 0 atom stereocenters. The van der Waals surface area contributed by atoms with Crippen LogP contribution in [0.1, 0.15) is 18.4 Å². The van der Waals surface area contributed by atoms with Crippen LogP contribution in [0.3, 0.4) is 0 Å². The molecule has 33 heavy (non-hydrogen) atoms. The van der Waals surface area contributed by atoms with Crippen molar-refractivity contribution in [1.29, 1.82) is 0 Å². The minimum absolute atomic E-state index is 0.565. The molecule has 5 rings (SSSR count). The lowest BCUT2D eigenvalue weighted by atomic mass is 10.1. The zero-order valence-corrected chi connectivity index (χ0v) is 19.7. The highest BCUT2D eigenvalue weighted by atomic mass is 35.5. The molecule has 0 bridgehead atoms. The van der Waals surface area contributed by atoms with Gasteiger partial charge in [-0.25, -0.2) is 14.5 Å². The van der Waals surface area contributed by atoms with Gasteiger partial charge in [-0.3, -0.25) is 0 Å². The number of halogens is 1. The van der Waals surface area contributed by atoms with Crippen molar-refractivity contribution in [2.45, 2.75) is 24.6 Å². The number of thioether (sulfide) groups is 1. The van der Waals surface area contributed by atoms with Crippen LogP contribution in [0, 0.1) is 6.92 Å². The molecule has 0 N–H and O–H groups in total. The van der Waals surface area contributed by atoms with E-state index in [4.69, 9.17) is 30.8 Å². The lowest BCUT2D eigenvalue weighted by Gasteiger charge is -2.06. The second kappa shape index (κ2) is 9.29. The third kappa shape index (κ3) is 4.47. The van der Waals surface area contributed by atoms with Crippen LogP contribution in [-0.2, 0) is 5.75 Å². The summed E-state index contributed by atoms with van der Waals surface area (Å²) in [6.07, 6.45) is 3.59. The van der Waals surface area contributed by atoms with Gasteiger partial charge in [0.2, 0.25) is 5.89 Å². The van der Waals surface area contributed by atoms with E-state index in [0.717, 1.165) is 38.8 Å². The van der Waals surface area contributed by atoms with Gasteiger partial charge in [-0.1, -0.05) is 41.6 Å². The van der Waals surface area contributed by atoms with Gasteiger partial charge < -0.3 is 9.15 Å². The van der Waals surface area contributed by atoms with Crippen LogP contribution < -0.4 is 4.74 Å². The molecule has 0 aliphatic carbocycles. The number of nitrogens with zero attached hydrogens (tertiary/aromatic N) is 4. The lowest BCUT2D eigenvalue weighted by Crippen LogP contribution is -1.93. The van der Waals surface area contributed by atoms with E-state index in [1.165, 1.54) is 0 Å². The molecule has 6 nitrogen and oxygen atoms in total. The third-order valence-corrected chi connectivity index (χ3v) is 6.44. The van der Waals surface area contributed by atoms with Gasteiger partial charge in [0, 0.05) is 29.3 Å². The predicted octanol–water partition coefficient (Wildman–Crippen LogP) is 6.70. The number of fused-ring (bicyclic) bond motifs is 1. The highest BCUT2D eigenvalue weighted by molar-refractivity contribution is 7.98. The fourth-order valence-corrected chi connectivity index (χ4v) is 4.70. The molecule has 0 radical (unpaired) electrons. The Hall–Kier alpha value is -3.29. The zero-order valence-electron chi connectivity index (χ0n) is 18.2. The molecule has 3 aromatic heterocycles. The average molecular weight is 477 g/mol. The smallest absolute Gasteiger partial charge is 0.226 e. The summed E-state index contributed by atoms with van der Waals surface area (Å²) in [5.74, 6) is 2.76. The molecule has 0 saturated carbocycles. The van der Waals surface area contributed by atoms with Crippen molar-refractivity contribution in [3.8, 4) is 28.5 Å². The lowest BCUT2D eigenvalue weighted by molar-refractivity contribution is 0.340. The Labute approximate surface area is 200 Å². The van der Waals surface area contributed by atoms with Crippen LogP contribution in [0.4, 0.5) is 0 Å². The summed E-state index contributed by atoms with van der Waals surface area (Å²) in [5.41, 5.74) is 4.53. The van der Waals surface area contributed by atoms with E-state index in [9.17, 15) is 0 Å². The predicted molar refractivity (Wildman–Crippen MR) is 131 cm³/mol. The van der Waals surface area contributed by atoms with E-state index in [1.807, 2.05) is 79.2 Å². The van der Waals surface area contributed by atoms with Gasteiger partial charge in [0.05, 0.1) is 28.5 Å². The van der Waals surface area contributed by atoms with Crippen LogP contribution >= 0.6 is 23.4 Å². The summed E-state index contributed by atoms with van der Waals surface area (Å²) in [6, 6.07) is 17.6. The molecular weight excluding hydrogens is 456 g/mol. The monoisotopic (exact) mass is 476 g/mol. The molecule has 0 fully saturated rings. The number of benzene rings is 2. The first-order valence-electron chi connectivity index (χ1n) is 10.5. The van der Waals surface area contributed by atoms with Crippen molar-refractivity contribution in [1.82, 2.24) is 19.6 Å². The van der Waals surface area contributed by atoms with Gasteiger partial charge in [-0.2, -0.15) is 5.10 Å². The Bertz CT molecular complexity index is 1410. The van der Waals surface area contributed by atoms with Crippen LogP contribution in [0.25, 0.3) is 28.2 Å². The minimum Gasteiger partial charge on any atom is -0.492 e. The SMILES string of the molecule is CCOc1ccc(-c2cc3c(SCc4nc(-c5ccccc5)oc4C)nccn3n2)cc1Cl. The molecule has 0 aliphatic heterocycles. The Kier molecular flexibility index (Phi) is 6.07. The van der Waals surface area contributed by atoms with Crippen molar-refractivity contribution in [3.63, 3.8) is 0 Å². The molecule has 3 heterocycles. The summed E-state index contributed by atoms with van der Waals surface area (Å²) < 4.78 is 13.3. The number of rotatable bonds is 7. The van der Waals surface area contributed by atoms with Crippen molar-refractivity contribution >= 4 is 28.9 Å². The Morgan fingerprint density at radius 3 is 2.73 bits per heavy atom. The van der Waals surface area contributed by atoms with E-state index in [0.29, 0.717) is 29.0 Å². The fraction of sp³-hybridized carbons (Fsp3) is 0.160. The highest BCUT2D eigenvalue weighted by Crippen LogP contribution is 2.33. The average Bonchev–Trinajstić information content (AvgIpc) is 3.43. The van der Waals surface area contributed by atoms with Crippen molar-refractivity contribution in [3.05, 3.63) is 83.5 Å². The second-order valence-electron chi connectivity index (χ2n) is 7.35. The molecule has 8 heteroatoms. The normalized spacial score (nSPS) is 11.2. The van der Waals surface area contributed by atoms with Crippen LogP contribution in [0.2, 0.25) is 5.02 Å². The van der Waals surface area contributed by atoms with Gasteiger partial charge in [-0.05, 0) is 50.2 Å². The molecule has 2 aromatic carbocycles. The number of oxazole rings is 1. The number of hydrogen-bond acceptors (Lipinski definition) is 6. The second-order valence-corrected chi connectivity index (χ2v) is 8.72. The third-order valence-electron chi connectivity index (χ3n) is 5.14. The number of ether oxygens (including phenoxy) is 1. The summed E-state index contributed by atoms with van der Waals surface area (Å²) in [4.78, 5) is 9.27. The zero-order chi connectivity index (χ0) is 22.8. The maximum absolute atomic E-state index is 6.37. The molecule has 0 unspecified atom stereocenters. The molecule has 166 valence electrons.